The van der Waals surface area contributed by atoms with Crippen LogP contribution < -0.4 is 19.5 Å². The first-order valence-corrected chi connectivity index (χ1v) is 8.96. The Morgan fingerprint density at radius 3 is 2.19 bits per heavy atom. The summed E-state index contributed by atoms with van der Waals surface area (Å²) in [6, 6.07) is 16.3. The Balaban J connectivity index is 1.77. The van der Waals surface area contributed by atoms with Gasteiger partial charge in [-0.1, -0.05) is 50.9 Å². The highest BCUT2D eigenvalue weighted by molar-refractivity contribution is 7.82. The zero-order valence-electron chi connectivity index (χ0n) is 15.2. The second kappa shape index (κ2) is 9.38. The quantitative estimate of drug-likeness (QED) is 0.626. The number of nitrogens with zero attached hydrogens (tertiary/aromatic N) is 1. The lowest BCUT2D eigenvalue weighted by molar-refractivity contribution is 0.181. The lowest BCUT2D eigenvalue weighted by Gasteiger charge is -2.24. The largest absolute Gasteiger partial charge is 0.494 e. The normalized spacial score (nSPS) is 11.0. The predicted molar refractivity (Wildman–Crippen MR) is 108 cm³/mol. The van der Waals surface area contributed by atoms with E-state index in [-0.39, 0.29) is 5.41 Å². The number of carbonyl (C=O) groups excluding carboxylic acids is 1. The summed E-state index contributed by atoms with van der Waals surface area (Å²) in [6.07, 6.45) is 1.81. The molecule has 26 heavy (non-hydrogen) atoms. The highest BCUT2D eigenvalue weighted by atomic mass is 32.1. The van der Waals surface area contributed by atoms with Crippen LogP contribution in [0.1, 0.15) is 26.7 Å². The first-order valence-electron chi connectivity index (χ1n) is 8.56. The number of urea groups is 1. The Kier molecular flexibility index (Phi) is 7.21. The maximum Gasteiger partial charge on any atom is 0.329 e. The third-order valence-electron chi connectivity index (χ3n) is 4.11. The Bertz CT molecular complexity index is 707. The van der Waals surface area contributed by atoms with E-state index in [1.807, 2.05) is 36.4 Å². The zero-order valence-corrected chi connectivity index (χ0v) is 16.1. The molecule has 0 spiro atoms. The van der Waals surface area contributed by atoms with Crippen LogP contribution in [0.25, 0.3) is 0 Å². The van der Waals surface area contributed by atoms with Gasteiger partial charge in [-0.05, 0) is 42.5 Å². The monoisotopic (exact) mass is 374 g/mol. The van der Waals surface area contributed by atoms with Gasteiger partial charge in [-0.3, -0.25) is 0 Å². The van der Waals surface area contributed by atoms with Gasteiger partial charge >= 0.3 is 6.03 Å². The number of para-hydroxylation sites is 1. The fourth-order valence-electron chi connectivity index (χ4n) is 2.36. The third-order valence-corrected chi connectivity index (χ3v) is 4.54. The number of ether oxygens (including phenoxy) is 2. The van der Waals surface area contributed by atoms with E-state index >= 15 is 0 Å². The maximum atomic E-state index is 11.2. The molecule has 0 aliphatic heterocycles. The maximum absolute atomic E-state index is 11.2. The summed E-state index contributed by atoms with van der Waals surface area (Å²) in [4.78, 5) is 11.2. The van der Waals surface area contributed by atoms with Crippen molar-refractivity contribution in [2.24, 2.45) is 11.1 Å². The Hall–Kier alpha value is -2.34. The van der Waals surface area contributed by atoms with Gasteiger partial charge in [0.1, 0.15) is 11.5 Å². The highest BCUT2D eigenvalue weighted by Gasteiger charge is 2.18. The van der Waals surface area contributed by atoms with Crippen LogP contribution in [0.15, 0.2) is 54.6 Å². The number of nitrogens with two attached hydrogens (primary N) is 1. The van der Waals surface area contributed by atoms with Crippen LogP contribution in [0.4, 0.5) is 10.5 Å². The predicted octanol–water partition coefficient (Wildman–Crippen LogP) is 4.68. The lowest BCUT2D eigenvalue weighted by Crippen LogP contribution is -2.27. The lowest BCUT2D eigenvalue weighted by atomic mass is 9.86. The van der Waals surface area contributed by atoms with Crippen LogP contribution in [0.5, 0.6) is 11.5 Å². The van der Waals surface area contributed by atoms with Crippen LogP contribution in [0.3, 0.4) is 0 Å². The molecule has 0 unspecified atom stereocenters. The molecule has 0 heterocycles. The third kappa shape index (κ3) is 6.52. The number of rotatable bonds is 9. The number of carbonyl (C=O) groups is 1. The van der Waals surface area contributed by atoms with Gasteiger partial charge in [-0.15, -0.1) is 0 Å². The second-order valence-corrected chi connectivity index (χ2v) is 7.22. The molecule has 0 fully saturated rings. The zero-order chi connectivity index (χ0) is 19.0. The molecule has 2 aromatic carbocycles. The number of benzene rings is 2. The Morgan fingerprint density at radius 2 is 1.58 bits per heavy atom. The van der Waals surface area contributed by atoms with E-state index in [1.54, 1.807) is 18.2 Å². The molecule has 0 bridgehead atoms. The highest BCUT2D eigenvalue weighted by Crippen LogP contribution is 2.27. The molecule has 0 aliphatic carbocycles. The number of thiol groups is 1. The van der Waals surface area contributed by atoms with Crippen molar-refractivity contribution in [1.82, 2.24) is 0 Å². The van der Waals surface area contributed by atoms with Gasteiger partial charge in [0, 0.05) is 6.07 Å². The molecular weight excluding hydrogens is 348 g/mol. The summed E-state index contributed by atoms with van der Waals surface area (Å²) in [7, 11) is 0. The van der Waals surface area contributed by atoms with Gasteiger partial charge < -0.3 is 15.2 Å². The average Bonchev–Trinajstić information content (AvgIpc) is 2.62. The molecule has 2 aromatic rings. The molecule has 0 radical (unpaired) electrons. The van der Waals surface area contributed by atoms with Crippen molar-refractivity contribution in [1.29, 1.82) is 0 Å². The van der Waals surface area contributed by atoms with Crippen molar-refractivity contribution in [2.75, 3.05) is 17.5 Å². The van der Waals surface area contributed by atoms with E-state index in [0.29, 0.717) is 24.7 Å². The first-order chi connectivity index (χ1) is 12.4. The van der Waals surface area contributed by atoms with Gasteiger partial charge in [0.15, 0.2) is 0 Å². The second-order valence-electron chi connectivity index (χ2n) is 6.82. The summed E-state index contributed by atoms with van der Waals surface area (Å²) in [5, 5.41) is 0. The van der Waals surface area contributed by atoms with Crippen molar-refractivity contribution < 1.29 is 14.3 Å². The molecule has 6 heteroatoms. The summed E-state index contributed by atoms with van der Waals surface area (Å²) >= 11 is 4.06. The van der Waals surface area contributed by atoms with Gasteiger partial charge in [-0.2, -0.15) is 0 Å². The number of primary amides is 1. The molecule has 5 nitrogen and oxygen atoms in total. The fourth-order valence-corrected chi connectivity index (χ4v) is 2.49. The topological polar surface area (TPSA) is 64.8 Å². The Labute approximate surface area is 160 Å². The minimum Gasteiger partial charge on any atom is -0.494 e. The SMILES string of the molecule is CC(C)(CCOc1ccccc1)CCOc1cccc(N(S)C(N)=O)c1. The molecule has 2 N–H and O–H groups in total. The standard InChI is InChI=1S/C20H26N2O3S/c1-20(2,11-13-24-17-8-4-3-5-9-17)12-14-25-18-10-6-7-16(15-18)22(26)19(21)23/h3-10,15,26H,11-14H2,1-2H3,(H2,21,23). The van der Waals surface area contributed by atoms with Crippen LogP contribution in [0, 0.1) is 5.41 Å². The van der Waals surface area contributed by atoms with Gasteiger partial charge in [-0.25, -0.2) is 9.10 Å². The van der Waals surface area contributed by atoms with Crippen molar-refractivity contribution >= 4 is 24.5 Å². The van der Waals surface area contributed by atoms with Crippen molar-refractivity contribution in [3.05, 3.63) is 54.6 Å². The van der Waals surface area contributed by atoms with Crippen molar-refractivity contribution in [2.45, 2.75) is 26.7 Å². The smallest absolute Gasteiger partial charge is 0.329 e. The summed E-state index contributed by atoms with van der Waals surface area (Å²) < 4.78 is 12.7. The van der Waals surface area contributed by atoms with E-state index in [2.05, 4.69) is 26.7 Å². The number of hydrogen-bond donors (Lipinski definition) is 2. The van der Waals surface area contributed by atoms with Crippen LogP contribution in [0.2, 0.25) is 0 Å². The molecule has 0 saturated heterocycles. The van der Waals surface area contributed by atoms with Gasteiger partial charge in [0.25, 0.3) is 0 Å². The van der Waals surface area contributed by atoms with E-state index < -0.39 is 6.03 Å². The van der Waals surface area contributed by atoms with E-state index in [0.717, 1.165) is 22.9 Å². The molecule has 0 aromatic heterocycles. The molecule has 2 rings (SSSR count). The first kappa shape index (κ1) is 20.0. The summed E-state index contributed by atoms with van der Waals surface area (Å²) in [6.45, 7) is 5.64. The van der Waals surface area contributed by atoms with E-state index in [9.17, 15) is 4.79 Å². The molecule has 0 saturated carbocycles. The minimum absolute atomic E-state index is 0.0925. The average molecular weight is 375 g/mol. The van der Waals surface area contributed by atoms with Crippen LogP contribution in [-0.4, -0.2) is 19.2 Å². The van der Waals surface area contributed by atoms with E-state index in [1.165, 1.54) is 0 Å². The number of amides is 2. The van der Waals surface area contributed by atoms with Crippen molar-refractivity contribution in [3.8, 4) is 11.5 Å². The van der Waals surface area contributed by atoms with Crippen molar-refractivity contribution in [3.63, 3.8) is 0 Å². The summed E-state index contributed by atoms with van der Waals surface area (Å²) in [5.74, 6) is 1.57. The number of hydrogen-bond acceptors (Lipinski definition) is 4. The van der Waals surface area contributed by atoms with Gasteiger partial charge in [0.05, 0.1) is 18.9 Å². The van der Waals surface area contributed by atoms with Crippen LogP contribution >= 0.6 is 12.8 Å². The van der Waals surface area contributed by atoms with Crippen LogP contribution in [-0.2, 0) is 0 Å². The van der Waals surface area contributed by atoms with Gasteiger partial charge in [0.2, 0.25) is 0 Å². The molecule has 2 amide bonds. The Morgan fingerprint density at radius 1 is 1.00 bits per heavy atom. The summed E-state index contributed by atoms with van der Waals surface area (Å²) in [5.41, 5.74) is 5.89. The molecular formula is C20H26N2O3S. The minimum atomic E-state index is -0.634. The number of anilines is 1. The van der Waals surface area contributed by atoms with E-state index in [4.69, 9.17) is 15.2 Å². The molecule has 0 aliphatic rings. The fraction of sp³-hybridized carbons (Fsp3) is 0.350. The molecule has 0 atom stereocenters. The molecule has 140 valence electrons.